The molecule has 3 heteroatoms. The van der Waals surface area contributed by atoms with Crippen LogP contribution in [-0.2, 0) is 6.54 Å². The molecule has 0 N–H and O–H groups in total. The Balaban J connectivity index is 2.15. The third-order valence-electron chi connectivity index (χ3n) is 2.86. The predicted molar refractivity (Wildman–Crippen MR) is 68.8 cm³/mol. The van der Waals surface area contributed by atoms with Crippen LogP contribution in [0, 0.1) is 5.92 Å². The summed E-state index contributed by atoms with van der Waals surface area (Å²) < 4.78 is 2.03. The number of hydrogen-bond acceptors (Lipinski definition) is 2. The van der Waals surface area contributed by atoms with Gasteiger partial charge in [0.1, 0.15) is 0 Å². The first kappa shape index (κ1) is 11.8. The summed E-state index contributed by atoms with van der Waals surface area (Å²) >= 11 is 0. The zero-order valence-corrected chi connectivity index (χ0v) is 10.7. The summed E-state index contributed by atoms with van der Waals surface area (Å²) in [5.74, 6) is 0.949. The average molecular weight is 229 g/mol. The van der Waals surface area contributed by atoms with E-state index in [4.69, 9.17) is 0 Å². The van der Waals surface area contributed by atoms with E-state index in [9.17, 15) is 0 Å². The lowest BCUT2D eigenvalue weighted by Gasteiger charge is -2.09. The van der Waals surface area contributed by atoms with E-state index >= 15 is 0 Å². The fourth-order valence-electron chi connectivity index (χ4n) is 1.91. The summed E-state index contributed by atoms with van der Waals surface area (Å²) in [6, 6.07) is 6.20. The number of rotatable bonds is 4. The Hall–Kier alpha value is -1.64. The lowest BCUT2D eigenvalue weighted by atomic mass is 9.99. The first-order chi connectivity index (χ1) is 8.16. The van der Waals surface area contributed by atoms with Crippen LogP contribution in [0.1, 0.15) is 37.9 Å². The molecular formula is C14H19N3. The molecule has 2 rings (SSSR count). The van der Waals surface area contributed by atoms with Crippen LogP contribution < -0.4 is 0 Å². The van der Waals surface area contributed by atoms with Gasteiger partial charge in [0.25, 0.3) is 0 Å². The molecule has 17 heavy (non-hydrogen) atoms. The maximum absolute atomic E-state index is 4.62. The Morgan fingerprint density at radius 1 is 1.12 bits per heavy atom. The summed E-state index contributed by atoms with van der Waals surface area (Å²) in [7, 11) is 0. The molecule has 0 aliphatic heterocycles. The quantitative estimate of drug-likeness (QED) is 0.806. The smallest absolute Gasteiger partial charge is 0.0696 e. The Morgan fingerprint density at radius 3 is 2.47 bits per heavy atom. The topological polar surface area (TPSA) is 30.7 Å². The molecule has 2 heterocycles. The van der Waals surface area contributed by atoms with E-state index in [2.05, 4.69) is 43.1 Å². The van der Waals surface area contributed by atoms with Gasteiger partial charge < -0.3 is 0 Å². The summed E-state index contributed by atoms with van der Waals surface area (Å²) in [5.41, 5.74) is 2.38. The zero-order chi connectivity index (χ0) is 12.3. The molecule has 0 aliphatic carbocycles. The van der Waals surface area contributed by atoms with E-state index in [1.165, 1.54) is 5.56 Å². The van der Waals surface area contributed by atoms with Crippen LogP contribution in [-0.4, -0.2) is 14.8 Å². The molecule has 90 valence electrons. The van der Waals surface area contributed by atoms with Crippen molar-refractivity contribution < 1.29 is 0 Å². The first-order valence-electron chi connectivity index (χ1n) is 6.10. The number of pyridine rings is 1. The molecule has 2 aromatic rings. The van der Waals surface area contributed by atoms with E-state index in [1.807, 2.05) is 29.2 Å². The molecule has 2 aromatic heterocycles. The molecule has 0 aliphatic rings. The van der Waals surface area contributed by atoms with Crippen molar-refractivity contribution in [3.8, 4) is 0 Å². The summed E-state index contributed by atoms with van der Waals surface area (Å²) in [6.07, 6.45) is 5.72. The molecule has 0 amide bonds. The Morgan fingerprint density at radius 2 is 1.82 bits per heavy atom. The lowest BCUT2D eigenvalue weighted by Crippen LogP contribution is -2.06. The molecule has 0 aromatic carbocycles. The van der Waals surface area contributed by atoms with Gasteiger partial charge >= 0.3 is 0 Å². The van der Waals surface area contributed by atoms with Gasteiger partial charge in [-0.3, -0.25) is 9.67 Å². The third-order valence-corrected chi connectivity index (χ3v) is 2.86. The van der Waals surface area contributed by atoms with E-state index in [0.717, 1.165) is 12.2 Å². The molecule has 0 radical (unpaired) electrons. The molecule has 3 nitrogen and oxygen atoms in total. The monoisotopic (exact) mass is 229 g/mol. The minimum Gasteiger partial charge on any atom is -0.272 e. The van der Waals surface area contributed by atoms with Gasteiger partial charge in [-0.1, -0.05) is 20.8 Å². The van der Waals surface area contributed by atoms with Crippen LogP contribution in [0.4, 0.5) is 0 Å². The Kier molecular flexibility index (Phi) is 3.57. The molecule has 0 saturated carbocycles. The predicted octanol–water partition coefficient (Wildman–Crippen LogP) is 3.09. The minimum atomic E-state index is 0.325. The second-order valence-electron chi connectivity index (χ2n) is 4.86. The molecule has 0 fully saturated rings. The maximum atomic E-state index is 4.62. The van der Waals surface area contributed by atoms with Crippen molar-refractivity contribution in [1.82, 2.24) is 14.8 Å². The standard InChI is InChI=1S/C14H19N3/c1-11(2)10-17-9-6-14(16-17)12(3)13-4-7-15-8-5-13/h4-9,11-12H,10H2,1-3H3. The van der Waals surface area contributed by atoms with Crippen LogP contribution in [0.15, 0.2) is 36.8 Å². The number of hydrogen-bond donors (Lipinski definition) is 0. The highest BCUT2D eigenvalue weighted by atomic mass is 15.3. The van der Waals surface area contributed by atoms with Crippen LogP contribution >= 0.6 is 0 Å². The number of nitrogens with zero attached hydrogens (tertiary/aromatic N) is 3. The van der Waals surface area contributed by atoms with Crippen LogP contribution in [0.3, 0.4) is 0 Å². The highest BCUT2D eigenvalue weighted by Crippen LogP contribution is 2.21. The number of aromatic nitrogens is 3. The van der Waals surface area contributed by atoms with Crippen molar-refractivity contribution in [3.63, 3.8) is 0 Å². The summed E-state index contributed by atoms with van der Waals surface area (Å²) in [6.45, 7) is 7.56. The van der Waals surface area contributed by atoms with Crippen molar-refractivity contribution in [2.45, 2.75) is 33.2 Å². The van der Waals surface area contributed by atoms with Crippen LogP contribution in [0.5, 0.6) is 0 Å². The zero-order valence-electron chi connectivity index (χ0n) is 10.7. The van der Waals surface area contributed by atoms with Gasteiger partial charge in [0.15, 0.2) is 0 Å². The highest BCUT2D eigenvalue weighted by molar-refractivity contribution is 5.24. The summed E-state index contributed by atoms with van der Waals surface area (Å²) in [5, 5.41) is 4.62. The van der Waals surface area contributed by atoms with Crippen molar-refractivity contribution in [1.29, 1.82) is 0 Å². The largest absolute Gasteiger partial charge is 0.272 e. The van der Waals surface area contributed by atoms with Gasteiger partial charge in [-0.05, 0) is 29.7 Å². The second-order valence-corrected chi connectivity index (χ2v) is 4.86. The molecule has 0 bridgehead atoms. The van der Waals surface area contributed by atoms with E-state index in [-0.39, 0.29) is 0 Å². The highest BCUT2D eigenvalue weighted by Gasteiger charge is 2.11. The minimum absolute atomic E-state index is 0.325. The van der Waals surface area contributed by atoms with Crippen LogP contribution in [0.2, 0.25) is 0 Å². The van der Waals surface area contributed by atoms with Crippen molar-refractivity contribution in [3.05, 3.63) is 48.0 Å². The van der Waals surface area contributed by atoms with Gasteiger partial charge in [-0.2, -0.15) is 5.10 Å². The molecule has 1 atom stereocenters. The summed E-state index contributed by atoms with van der Waals surface area (Å²) in [4.78, 5) is 4.04. The maximum Gasteiger partial charge on any atom is 0.0696 e. The van der Waals surface area contributed by atoms with Gasteiger partial charge in [-0.25, -0.2) is 0 Å². The normalized spacial score (nSPS) is 12.9. The van der Waals surface area contributed by atoms with Crippen molar-refractivity contribution >= 4 is 0 Å². The molecule has 1 unspecified atom stereocenters. The van der Waals surface area contributed by atoms with Crippen molar-refractivity contribution in [2.75, 3.05) is 0 Å². The second kappa shape index (κ2) is 5.13. The van der Waals surface area contributed by atoms with Gasteiger partial charge in [-0.15, -0.1) is 0 Å². The van der Waals surface area contributed by atoms with Crippen LogP contribution in [0.25, 0.3) is 0 Å². The Labute approximate surface area is 103 Å². The average Bonchev–Trinajstić information content (AvgIpc) is 2.77. The lowest BCUT2D eigenvalue weighted by molar-refractivity contribution is 0.478. The van der Waals surface area contributed by atoms with E-state index in [1.54, 1.807) is 0 Å². The van der Waals surface area contributed by atoms with E-state index < -0.39 is 0 Å². The first-order valence-corrected chi connectivity index (χ1v) is 6.10. The van der Waals surface area contributed by atoms with Gasteiger partial charge in [0, 0.05) is 31.1 Å². The van der Waals surface area contributed by atoms with Gasteiger partial charge in [0.05, 0.1) is 5.69 Å². The fraction of sp³-hybridized carbons (Fsp3) is 0.429. The Bertz CT molecular complexity index is 459. The fourth-order valence-corrected chi connectivity index (χ4v) is 1.91. The van der Waals surface area contributed by atoms with E-state index in [0.29, 0.717) is 11.8 Å². The van der Waals surface area contributed by atoms with Gasteiger partial charge in [0.2, 0.25) is 0 Å². The molecule has 0 spiro atoms. The molecular weight excluding hydrogens is 210 g/mol. The third kappa shape index (κ3) is 2.93. The van der Waals surface area contributed by atoms with Crippen molar-refractivity contribution in [2.24, 2.45) is 5.92 Å². The molecule has 0 saturated heterocycles. The SMILES string of the molecule is CC(C)Cn1ccc(C(C)c2ccncc2)n1.